The minimum Gasteiger partial charge on any atom is -0.493 e. The molecule has 26 heavy (non-hydrogen) atoms. The van der Waals surface area contributed by atoms with Gasteiger partial charge in [0.2, 0.25) is 5.95 Å². The van der Waals surface area contributed by atoms with Crippen molar-refractivity contribution in [1.29, 1.82) is 0 Å². The smallest absolute Gasteiger partial charge is 0.338 e. The van der Waals surface area contributed by atoms with E-state index < -0.39 is 6.04 Å². The highest BCUT2D eigenvalue weighted by Gasteiger charge is 2.36. The third-order valence-corrected chi connectivity index (χ3v) is 4.03. The van der Waals surface area contributed by atoms with Gasteiger partial charge in [-0.15, -0.1) is 0 Å². The predicted octanol–water partition coefficient (Wildman–Crippen LogP) is 3.31. The molecule has 7 heteroatoms. The molecule has 1 aromatic carbocycles. The Kier molecular flexibility index (Phi) is 5.25. The van der Waals surface area contributed by atoms with Gasteiger partial charge in [0, 0.05) is 11.3 Å². The van der Waals surface area contributed by atoms with Gasteiger partial charge in [-0.2, -0.15) is 10.1 Å². The maximum Gasteiger partial charge on any atom is 0.338 e. The molecule has 1 unspecified atom stereocenters. The first-order chi connectivity index (χ1) is 12.5. The maximum absolute atomic E-state index is 12.8. The average Bonchev–Trinajstić information content (AvgIpc) is 3.06. The van der Waals surface area contributed by atoms with Crippen LogP contribution in [0.2, 0.25) is 0 Å². The number of nitrogens with one attached hydrogen (secondary N) is 1. The fourth-order valence-electron chi connectivity index (χ4n) is 2.97. The Bertz CT molecular complexity index is 826. The summed E-state index contributed by atoms with van der Waals surface area (Å²) in [6.07, 6.45) is 2.15. The van der Waals surface area contributed by atoms with Crippen LogP contribution in [0.1, 0.15) is 45.7 Å². The molecule has 7 nitrogen and oxygen atoms in total. The number of hydrogen-bond acceptors (Lipinski definition) is 6. The molecule has 2 aromatic rings. The van der Waals surface area contributed by atoms with Crippen LogP contribution < -0.4 is 10.1 Å². The molecular weight excluding hydrogens is 332 g/mol. The summed E-state index contributed by atoms with van der Waals surface area (Å²) >= 11 is 0. The first-order valence-corrected chi connectivity index (χ1v) is 8.83. The van der Waals surface area contributed by atoms with E-state index in [0.717, 1.165) is 17.7 Å². The van der Waals surface area contributed by atoms with E-state index in [0.29, 0.717) is 23.8 Å². The number of hydrogen-bond donors (Lipinski definition) is 1. The molecule has 0 aliphatic carbocycles. The van der Waals surface area contributed by atoms with E-state index in [1.54, 1.807) is 4.68 Å². The van der Waals surface area contributed by atoms with Gasteiger partial charge in [0.1, 0.15) is 18.1 Å². The molecule has 1 N–H and O–H groups in total. The number of rotatable bonds is 6. The summed E-state index contributed by atoms with van der Waals surface area (Å²) in [7, 11) is 0. The molecule has 2 heterocycles. The lowest BCUT2D eigenvalue weighted by Crippen LogP contribution is -2.30. The van der Waals surface area contributed by atoms with Crippen LogP contribution in [-0.2, 0) is 9.53 Å². The number of esters is 1. The Hall–Kier alpha value is -2.83. The molecule has 0 radical (unpaired) electrons. The van der Waals surface area contributed by atoms with Crippen LogP contribution in [0.15, 0.2) is 41.9 Å². The lowest BCUT2D eigenvalue weighted by molar-refractivity contribution is -0.143. The lowest BCUT2D eigenvalue weighted by Gasteiger charge is -2.29. The quantitative estimate of drug-likeness (QED) is 0.800. The number of para-hydroxylation sites is 1. The van der Waals surface area contributed by atoms with Gasteiger partial charge in [-0.05, 0) is 33.3 Å². The minimum atomic E-state index is -0.465. The molecule has 3 rings (SSSR count). The van der Waals surface area contributed by atoms with Crippen LogP contribution in [0.25, 0.3) is 0 Å². The normalized spacial score (nSPS) is 16.3. The van der Waals surface area contributed by atoms with Crippen LogP contribution in [-0.4, -0.2) is 33.4 Å². The van der Waals surface area contributed by atoms with Gasteiger partial charge in [-0.3, -0.25) is 0 Å². The van der Waals surface area contributed by atoms with Crippen molar-refractivity contribution in [2.75, 3.05) is 11.9 Å². The molecular formula is C19H24N4O3. The zero-order chi connectivity index (χ0) is 18.7. The molecule has 0 fully saturated rings. The summed E-state index contributed by atoms with van der Waals surface area (Å²) in [5, 5.41) is 7.46. The van der Waals surface area contributed by atoms with Crippen LogP contribution in [0.5, 0.6) is 5.75 Å². The van der Waals surface area contributed by atoms with Crippen molar-refractivity contribution < 1.29 is 14.3 Å². The zero-order valence-corrected chi connectivity index (χ0v) is 15.5. The first kappa shape index (κ1) is 18.0. The third kappa shape index (κ3) is 3.42. The second-order valence-electron chi connectivity index (χ2n) is 6.43. The van der Waals surface area contributed by atoms with Crippen molar-refractivity contribution in [3.8, 4) is 5.75 Å². The highest BCUT2D eigenvalue weighted by molar-refractivity contribution is 5.92. The summed E-state index contributed by atoms with van der Waals surface area (Å²) in [5.74, 6) is 0.936. The Morgan fingerprint density at radius 3 is 2.85 bits per heavy atom. The Morgan fingerprint density at radius 1 is 1.35 bits per heavy atom. The summed E-state index contributed by atoms with van der Waals surface area (Å²) in [6, 6.07) is 7.23. The van der Waals surface area contributed by atoms with Crippen LogP contribution in [0.4, 0.5) is 5.95 Å². The summed E-state index contributed by atoms with van der Waals surface area (Å²) in [4.78, 5) is 17.1. The summed E-state index contributed by atoms with van der Waals surface area (Å²) < 4.78 is 13.1. The fourth-order valence-corrected chi connectivity index (χ4v) is 2.97. The zero-order valence-electron chi connectivity index (χ0n) is 15.5. The number of nitrogens with zero attached hydrogens (tertiary/aromatic N) is 3. The fraction of sp³-hybridized carbons (Fsp3) is 0.421. The van der Waals surface area contributed by atoms with E-state index in [9.17, 15) is 4.79 Å². The van der Waals surface area contributed by atoms with E-state index in [4.69, 9.17) is 9.47 Å². The second-order valence-corrected chi connectivity index (χ2v) is 6.43. The molecule has 1 atom stereocenters. The van der Waals surface area contributed by atoms with Gasteiger partial charge in [0.15, 0.2) is 0 Å². The highest BCUT2D eigenvalue weighted by atomic mass is 16.5. The number of fused-ring (bicyclic) bond motifs is 1. The van der Waals surface area contributed by atoms with E-state index in [1.165, 1.54) is 6.33 Å². The van der Waals surface area contributed by atoms with Crippen molar-refractivity contribution in [2.24, 2.45) is 0 Å². The molecule has 1 aliphatic rings. The van der Waals surface area contributed by atoms with Gasteiger partial charge >= 0.3 is 5.97 Å². The number of benzene rings is 1. The number of anilines is 1. The highest BCUT2D eigenvalue weighted by Crippen LogP contribution is 2.39. The van der Waals surface area contributed by atoms with E-state index in [-0.39, 0.29) is 12.1 Å². The van der Waals surface area contributed by atoms with Gasteiger partial charge in [0.05, 0.1) is 18.3 Å². The van der Waals surface area contributed by atoms with Gasteiger partial charge < -0.3 is 14.8 Å². The molecule has 138 valence electrons. The molecule has 0 saturated heterocycles. The molecule has 0 spiro atoms. The van der Waals surface area contributed by atoms with Crippen molar-refractivity contribution >= 4 is 11.9 Å². The topological polar surface area (TPSA) is 78.3 Å². The van der Waals surface area contributed by atoms with Crippen LogP contribution in [0.3, 0.4) is 0 Å². The number of aromatic nitrogens is 3. The average molecular weight is 356 g/mol. The summed E-state index contributed by atoms with van der Waals surface area (Å²) in [5.41, 5.74) is 2.06. The number of allylic oxidation sites excluding steroid dienone is 1. The van der Waals surface area contributed by atoms with Gasteiger partial charge in [-0.1, -0.05) is 25.1 Å². The standard InChI is InChI=1S/C19H24N4O3/c1-5-10-25-15-9-7-6-8-14(15)17-16(18(24)26-12(2)3)13(4)22-19-20-11-21-23(17)19/h6-9,11-12,17H,5,10H2,1-4H3,(H,20,21,22). The molecule has 1 aromatic heterocycles. The molecule has 1 aliphatic heterocycles. The van der Waals surface area contributed by atoms with Crippen LogP contribution >= 0.6 is 0 Å². The van der Waals surface area contributed by atoms with Crippen molar-refractivity contribution in [1.82, 2.24) is 14.8 Å². The van der Waals surface area contributed by atoms with Crippen molar-refractivity contribution in [2.45, 2.75) is 46.3 Å². The maximum atomic E-state index is 12.8. The third-order valence-electron chi connectivity index (χ3n) is 4.03. The van der Waals surface area contributed by atoms with Crippen LogP contribution in [0, 0.1) is 0 Å². The predicted molar refractivity (Wildman–Crippen MR) is 97.9 cm³/mol. The number of carbonyl (C=O) groups excluding carboxylic acids is 1. The van der Waals surface area contributed by atoms with E-state index >= 15 is 0 Å². The molecule has 0 amide bonds. The number of carbonyl (C=O) groups is 1. The van der Waals surface area contributed by atoms with E-state index in [1.807, 2.05) is 45.0 Å². The largest absolute Gasteiger partial charge is 0.493 e. The molecule has 0 saturated carbocycles. The number of ether oxygens (including phenoxy) is 2. The van der Waals surface area contributed by atoms with Crippen molar-refractivity contribution in [3.63, 3.8) is 0 Å². The minimum absolute atomic E-state index is 0.216. The Labute approximate surface area is 153 Å². The monoisotopic (exact) mass is 356 g/mol. The summed E-state index contributed by atoms with van der Waals surface area (Å²) in [6.45, 7) is 8.16. The van der Waals surface area contributed by atoms with Gasteiger partial charge in [-0.25, -0.2) is 9.48 Å². The molecule has 0 bridgehead atoms. The van der Waals surface area contributed by atoms with Gasteiger partial charge in [0.25, 0.3) is 0 Å². The SMILES string of the molecule is CCCOc1ccccc1C1C(C(=O)OC(C)C)=C(C)Nc2ncnn21. The lowest BCUT2D eigenvalue weighted by atomic mass is 9.95. The Balaban J connectivity index is 2.11. The second kappa shape index (κ2) is 7.59. The van der Waals surface area contributed by atoms with Crippen molar-refractivity contribution in [3.05, 3.63) is 47.4 Å². The Morgan fingerprint density at radius 2 is 2.12 bits per heavy atom. The van der Waals surface area contributed by atoms with E-state index in [2.05, 4.69) is 22.3 Å². The first-order valence-electron chi connectivity index (χ1n) is 8.83.